The molecule has 26 heavy (non-hydrogen) atoms. The Balaban J connectivity index is 2.00. The average molecular weight is 369 g/mol. The van der Waals surface area contributed by atoms with Crippen LogP contribution in [0.15, 0.2) is 41.2 Å². The molecule has 3 rings (SSSR count). The van der Waals surface area contributed by atoms with Gasteiger partial charge in [0, 0.05) is 22.2 Å². The van der Waals surface area contributed by atoms with Gasteiger partial charge in [0.05, 0.1) is 5.52 Å². The van der Waals surface area contributed by atoms with Crippen LogP contribution in [-0.2, 0) is 11.3 Å². The largest absolute Gasteiger partial charge is 0.324 e. The van der Waals surface area contributed by atoms with Gasteiger partial charge in [-0.2, -0.15) is 0 Å². The van der Waals surface area contributed by atoms with Crippen LogP contribution in [0, 0.1) is 27.7 Å². The fourth-order valence-electron chi connectivity index (χ4n) is 3.33. The van der Waals surface area contributed by atoms with E-state index in [1.54, 1.807) is 24.3 Å². The maximum absolute atomic E-state index is 12.6. The standard InChI is InChI=1S/C21H21ClN2O2/c1-12-7-15(4)21-17(8-12)13(2)10-20(26)24(21)11-19(25)23-18-6-5-16(22)9-14(18)3/h5-10H,11H2,1-4H3,(H,23,25). The summed E-state index contributed by atoms with van der Waals surface area (Å²) in [5, 5.41) is 4.48. The average Bonchev–Trinajstić information content (AvgIpc) is 2.54. The van der Waals surface area contributed by atoms with Crippen molar-refractivity contribution in [1.29, 1.82) is 0 Å². The first-order valence-corrected chi connectivity index (χ1v) is 8.81. The number of hydrogen-bond donors (Lipinski definition) is 1. The summed E-state index contributed by atoms with van der Waals surface area (Å²) in [6.45, 7) is 7.75. The number of halogens is 1. The van der Waals surface area contributed by atoms with Crippen LogP contribution in [0.4, 0.5) is 5.69 Å². The SMILES string of the molecule is Cc1cc(C)c2c(c1)c(C)cc(=O)n2CC(=O)Nc1ccc(Cl)cc1C. The molecule has 2 aromatic carbocycles. The minimum atomic E-state index is -0.248. The molecule has 0 spiro atoms. The van der Waals surface area contributed by atoms with E-state index in [9.17, 15) is 9.59 Å². The quantitative estimate of drug-likeness (QED) is 0.738. The molecule has 0 saturated heterocycles. The number of nitrogens with zero attached hydrogens (tertiary/aromatic N) is 1. The molecule has 5 heteroatoms. The summed E-state index contributed by atoms with van der Waals surface area (Å²) in [6.07, 6.45) is 0. The first-order chi connectivity index (χ1) is 12.3. The second kappa shape index (κ2) is 6.96. The van der Waals surface area contributed by atoms with Gasteiger partial charge in [0.2, 0.25) is 5.91 Å². The Morgan fingerprint density at radius 3 is 2.42 bits per heavy atom. The third-order valence-electron chi connectivity index (χ3n) is 4.51. The van der Waals surface area contributed by atoms with Crippen molar-refractivity contribution in [2.75, 3.05) is 5.32 Å². The van der Waals surface area contributed by atoms with Crippen LogP contribution in [-0.4, -0.2) is 10.5 Å². The Labute approximate surface area is 157 Å². The van der Waals surface area contributed by atoms with Gasteiger partial charge < -0.3 is 5.32 Å². The van der Waals surface area contributed by atoms with Crippen molar-refractivity contribution in [2.24, 2.45) is 0 Å². The highest BCUT2D eigenvalue weighted by Crippen LogP contribution is 2.23. The van der Waals surface area contributed by atoms with Gasteiger partial charge in [-0.15, -0.1) is 0 Å². The number of fused-ring (bicyclic) bond motifs is 1. The first kappa shape index (κ1) is 18.2. The lowest BCUT2D eigenvalue weighted by Gasteiger charge is -2.15. The van der Waals surface area contributed by atoms with Gasteiger partial charge >= 0.3 is 0 Å². The molecular weight excluding hydrogens is 348 g/mol. The van der Waals surface area contributed by atoms with Crippen molar-refractivity contribution in [2.45, 2.75) is 34.2 Å². The number of hydrogen-bond acceptors (Lipinski definition) is 2. The summed E-state index contributed by atoms with van der Waals surface area (Å²) in [4.78, 5) is 25.1. The highest BCUT2D eigenvalue weighted by atomic mass is 35.5. The molecule has 0 aliphatic heterocycles. The number of carbonyl (C=O) groups excluding carboxylic acids is 1. The molecule has 4 nitrogen and oxygen atoms in total. The Bertz CT molecular complexity index is 1080. The fraction of sp³-hybridized carbons (Fsp3) is 0.238. The number of amides is 1. The zero-order valence-electron chi connectivity index (χ0n) is 15.3. The van der Waals surface area contributed by atoms with E-state index in [2.05, 4.69) is 11.4 Å². The number of aromatic nitrogens is 1. The lowest BCUT2D eigenvalue weighted by atomic mass is 10.0. The van der Waals surface area contributed by atoms with Crippen LogP contribution in [0.1, 0.15) is 22.3 Å². The topological polar surface area (TPSA) is 51.1 Å². The molecule has 1 aromatic heterocycles. The Morgan fingerprint density at radius 2 is 1.73 bits per heavy atom. The van der Waals surface area contributed by atoms with Crippen molar-refractivity contribution >= 4 is 34.1 Å². The van der Waals surface area contributed by atoms with Crippen LogP contribution < -0.4 is 10.9 Å². The maximum atomic E-state index is 12.6. The van der Waals surface area contributed by atoms with E-state index >= 15 is 0 Å². The van der Waals surface area contributed by atoms with Gasteiger partial charge in [0.1, 0.15) is 6.54 Å². The van der Waals surface area contributed by atoms with Crippen molar-refractivity contribution in [3.05, 3.63) is 74.0 Å². The fourth-order valence-corrected chi connectivity index (χ4v) is 3.55. The molecular formula is C21H21ClN2O2. The highest BCUT2D eigenvalue weighted by Gasteiger charge is 2.13. The van der Waals surface area contributed by atoms with Crippen LogP contribution >= 0.6 is 11.6 Å². The molecule has 1 N–H and O–H groups in total. The lowest BCUT2D eigenvalue weighted by molar-refractivity contribution is -0.116. The summed E-state index contributed by atoms with van der Waals surface area (Å²) in [6, 6.07) is 10.9. The van der Waals surface area contributed by atoms with Crippen LogP contribution in [0.2, 0.25) is 5.02 Å². The maximum Gasteiger partial charge on any atom is 0.251 e. The zero-order valence-corrected chi connectivity index (χ0v) is 16.1. The number of aryl methyl sites for hydroxylation is 4. The van der Waals surface area contributed by atoms with Crippen molar-refractivity contribution < 1.29 is 4.79 Å². The van der Waals surface area contributed by atoms with Crippen LogP contribution in [0.3, 0.4) is 0 Å². The third kappa shape index (κ3) is 3.51. The Kier molecular flexibility index (Phi) is 4.88. The van der Waals surface area contributed by atoms with Gasteiger partial charge in [-0.3, -0.25) is 14.2 Å². The van der Waals surface area contributed by atoms with E-state index in [1.807, 2.05) is 33.8 Å². The number of benzene rings is 2. The van der Waals surface area contributed by atoms with Gasteiger partial charge in [-0.1, -0.05) is 23.2 Å². The van der Waals surface area contributed by atoms with E-state index in [0.717, 1.165) is 33.2 Å². The van der Waals surface area contributed by atoms with E-state index in [4.69, 9.17) is 11.6 Å². The molecule has 0 fully saturated rings. The van der Waals surface area contributed by atoms with Crippen LogP contribution in [0.25, 0.3) is 10.9 Å². The second-order valence-electron chi connectivity index (χ2n) is 6.74. The van der Waals surface area contributed by atoms with Crippen molar-refractivity contribution in [1.82, 2.24) is 4.57 Å². The third-order valence-corrected chi connectivity index (χ3v) is 4.74. The lowest BCUT2D eigenvalue weighted by Crippen LogP contribution is -2.28. The zero-order chi connectivity index (χ0) is 19.0. The highest BCUT2D eigenvalue weighted by molar-refractivity contribution is 6.30. The second-order valence-corrected chi connectivity index (χ2v) is 7.17. The normalized spacial score (nSPS) is 11.0. The summed E-state index contributed by atoms with van der Waals surface area (Å²) < 4.78 is 1.54. The molecule has 1 heterocycles. The van der Waals surface area contributed by atoms with Gasteiger partial charge in [0.25, 0.3) is 5.56 Å². The smallest absolute Gasteiger partial charge is 0.251 e. The van der Waals surface area contributed by atoms with Crippen molar-refractivity contribution in [3.63, 3.8) is 0 Å². The molecule has 0 unspecified atom stereocenters. The van der Waals surface area contributed by atoms with Gasteiger partial charge in [-0.05, 0) is 68.7 Å². The molecule has 0 bridgehead atoms. The number of anilines is 1. The predicted octanol–water partition coefficient (Wildman–Crippen LogP) is 4.53. The first-order valence-electron chi connectivity index (χ1n) is 8.43. The minimum Gasteiger partial charge on any atom is -0.324 e. The van der Waals surface area contributed by atoms with Crippen molar-refractivity contribution in [3.8, 4) is 0 Å². The molecule has 0 aliphatic carbocycles. The molecule has 0 saturated carbocycles. The molecule has 1 amide bonds. The molecule has 134 valence electrons. The van der Waals surface area contributed by atoms with Crippen LogP contribution in [0.5, 0.6) is 0 Å². The molecule has 0 radical (unpaired) electrons. The monoisotopic (exact) mass is 368 g/mol. The van der Waals surface area contributed by atoms with E-state index in [1.165, 1.54) is 4.57 Å². The summed E-state index contributed by atoms with van der Waals surface area (Å²) in [7, 11) is 0. The number of carbonyl (C=O) groups is 1. The number of rotatable bonds is 3. The number of nitrogens with one attached hydrogen (secondary N) is 1. The Hall–Kier alpha value is -2.59. The minimum absolute atomic E-state index is 0.0401. The van der Waals surface area contributed by atoms with Gasteiger partial charge in [-0.25, -0.2) is 0 Å². The molecule has 3 aromatic rings. The van der Waals surface area contributed by atoms with E-state index < -0.39 is 0 Å². The summed E-state index contributed by atoms with van der Waals surface area (Å²) in [5.41, 5.74) is 5.23. The van der Waals surface area contributed by atoms with E-state index in [-0.39, 0.29) is 18.0 Å². The summed E-state index contributed by atoms with van der Waals surface area (Å²) >= 11 is 5.96. The number of pyridine rings is 1. The van der Waals surface area contributed by atoms with E-state index in [0.29, 0.717) is 10.7 Å². The van der Waals surface area contributed by atoms with Gasteiger partial charge in [0.15, 0.2) is 0 Å². The molecule has 0 atom stereocenters. The summed E-state index contributed by atoms with van der Waals surface area (Å²) in [5.74, 6) is -0.248. The predicted molar refractivity (Wildman–Crippen MR) is 107 cm³/mol. The molecule has 0 aliphatic rings. The Morgan fingerprint density at radius 1 is 1.00 bits per heavy atom.